The Kier molecular flexibility index (Phi) is 6.33. The number of likely N-dealkylation sites (tertiary alicyclic amines) is 1. The van der Waals surface area contributed by atoms with Gasteiger partial charge in [0.2, 0.25) is 0 Å². The zero-order valence-corrected chi connectivity index (χ0v) is 18.7. The molecule has 0 unspecified atom stereocenters. The third-order valence-electron chi connectivity index (χ3n) is 5.72. The van der Waals surface area contributed by atoms with Gasteiger partial charge in [-0.2, -0.15) is 0 Å². The second kappa shape index (κ2) is 8.62. The molecule has 8 heteroatoms. The fourth-order valence-electron chi connectivity index (χ4n) is 4.12. The molecule has 0 aliphatic carbocycles. The zero-order valence-electron chi connectivity index (χ0n) is 18.7. The lowest BCUT2D eigenvalue weighted by atomic mass is 9.94. The van der Waals surface area contributed by atoms with Crippen LogP contribution in [0, 0.1) is 0 Å². The molecule has 0 bridgehead atoms. The number of piperidine rings is 1. The molecule has 1 fully saturated rings. The van der Waals surface area contributed by atoms with Crippen LogP contribution in [0.15, 0.2) is 12.1 Å². The standard InChI is InChI=1S/C22H34N4O4/c1-14-6-7-16-18(26(14)21(28)29-5)9-8-17(19(16)23)24-15-10-12-25(13-11-15)20(27)30-22(2,3)4/h8-9,14-15,24H,6-7,10-13,23H2,1-5H3/t14-/m0/s1. The summed E-state index contributed by atoms with van der Waals surface area (Å²) in [5, 5.41) is 3.54. The molecule has 1 atom stereocenters. The number of rotatable bonds is 2. The largest absolute Gasteiger partial charge is 0.452 e. The number of nitrogens with one attached hydrogen (secondary N) is 1. The predicted octanol–water partition coefficient (Wildman–Crippen LogP) is 3.99. The molecule has 0 aromatic heterocycles. The van der Waals surface area contributed by atoms with Crippen molar-refractivity contribution in [3.05, 3.63) is 17.7 Å². The number of nitrogens with two attached hydrogens (primary N) is 1. The van der Waals surface area contributed by atoms with E-state index < -0.39 is 5.60 Å². The van der Waals surface area contributed by atoms with Crippen molar-refractivity contribution in [1.29, 1.82) is 0 Å². The maximum Gasteiger partial charge on any atom is 0.414 e. The third kappa shape index (κ3) is 4.74. The van der Waals surface area contributed by atoms with Crippen molar-refractivity contribution >= 4 is 29.2 Å². The number of hydrogen-bond acceptors (Lipinski definition) is 6. The van der Waals surface area contributed by atoms with Crippen LogP contribution in [-0.2, 0) is 15.9 Å². The highest BCUT2D eigenvalue weighted by molar-refractivity contribution is 5.93. The van der Waals surface area contributed by atoms with Crippen molar-refractivity contribution in [3.63, 3.8) is 0 Å². The predicted molar refractivity (Wildman–Crippen MR) is 118 cm³/mol. The van der Waals surface area contributed by atoms with E-state index in [0.717, 1.165) is 42.6 Å². The number of carbonyl (C=O) groups excluding carboxylic acids is 2. The van der Waals surface area contributed by atoms with Gasteiger partial charge in [-0.3, -0.25) is 4.90 Å². The van der Waals surface area contributed by atoms with Crippen molar-refractivity contribution in [1.82, 2.24) is 4.90 Å². The van der Waals surface area contributed by atoms with Crippen LogP contribution in [0.1, 0.15) is 52.5 Å². The molecular formula is C22H34N4O4. The van der Waals surface area contributed by atoms with Crippen molar-refractivity contribution in [2.24, 2.45) is 0 Å². The topological polar surface area (TPSA) is 97.1 Å². The molecule has 1 saturated heterocycles. The Balaban J connectivity index is 1.66. The lowest BCUT2D eigenvalue weighted by molar-refractivity contribution is 0.0210. The van der Waals surface area contributed by atoms with Crippen molar-refractivity contribution in [3.8, 4) is 0 Å². The molecule has 30 heavy (non-hydrogen) atoms. The van der Waals surface area contributed by atoms with Crippen LogP contribution < -0.4 is 16.0 Å². The fraction of sp³-hybridized carbons (Fsp3) is 0.636. The lowest BCUT2D eigenvalue weighted by Crippen LogP contribution is -2.44. The molecule has 1 aromatic rings. The van der Waals surface area contributed by atoms with E-state index in [4.69, 9.17) is 15.2 Å². The number of benzene rings is 1. The van der Waals surface area contributed by atoms with Crippen molar-refractivity contribution < 1.29 is 19.1 Å². The molecule has 1 aromatic carbocycles. The molecule has 2 heterocycles. The number of methoxy groups -OCH3 is 1. The summed E-state index contributed by atoms with van der Waals surface area (Å²) in [6.07, 6.45) is 2.68. The second-order valence-electron chi connectivity index (χ2n) is 9.14. The van der Waals surface area contributed by atoms with Gasteiger partial charge in [-0.05, 0) is 65.5 Å². The van der Waals surface area contributed by atoms with E-state index in [0.29, 0.717) is 18.8 Å². The minimum atomic E-state index is -0.487. The first-order valence-corrected chi connectivity index (χ1v) is 10.6. The van der Waals surface area contributed by atoms with Gasteiger partial charge < -0.3 is 25.4 Å². The average Bonchev–Trinajstić information content (AvgIpc) is 2.68. The quantitative estimate of drug-likeness (QED) is 0.705. The van der Waals surface area contributed by atoms with E-state index in [1.165, 1.54) is 7.11 Å². The van der Waals surface area contributed by atoms with E-state index in [-0.39, 0.29) is 24.3 Å². The number of fused-ring (bicyclic) bond motifs is 1. The molecule has 8 nitrogen and oxygen atoms in total. The van der Waals surface area contributed by atoms with E-state index in [1.54, 1.807) is 9.80 Å². The van der Waals surface area contributed by atoms with Gasteiger partial charge in [0.1, 0.15) is 5.60 Å². The Morgan fingerprint density at radius 1 is 1.13 bits per heavy atom. The SMILES string of the molecule is COC(=O)N1c2ccc(NC3CCN(C(=O)OC(C)(C)C)CC3)c(N)c2CC[C@@H]1C. The van der Waals surface area contributed by atoms with Crippen molar-refractivity contribution in [2.75, 3.05) is 36.1 Å². The number of nitrogen functional groups attached to an aromatic ring is 1. The number of hydrogen-bond donors (Lipinski definition) is 2. The van der Waals surface area contributed by atoms with Crippen LogP contribution in [0.4, 0.5) is 26.7 Å². The molecule has 0 radical (unpaired) electrons. The van der Waals surface area contributed by atoms with Gasteiger partial charge in [0.15, 0.2) is 0 Å². The van der Waals surface area contributed by atoms with Crippen LogP contribution in [0.25, 0.3) is 0 Å². The smallest absolute Gasteiger partial charge is 0.414 e. The first kappa shape index (κ1) is 22.1. The zero-order chi connectivity index (χ0) is 22.1. The number of carbonyl (C=O) groups is 2. The highest BCUT2D eigenvalue weighted by Gasteiger charge is 2.31. The molecule has 3 N–H and O–H groups in total. The summed E-state index contributed by atoms with van der Waals surface area (Å²) in [6.45, 7) is 8.93. The maximum absolute atomic E-state index is 12.3. The van der Waals surface area contributed by atoms with Gasteiger partial charge >= 0.3 is 12.2 Å². The summed E-state index contributed by atoms with van der Waals surface area (Å²) in [7, 11) is 1.40. The number of amides is 2. The minimum absolute atomic E-state index is 0.0698. The summed E-state index contributed by atoms with van der Waals surface area (Å²) in [5.74, 6) is 0. The first-order chi connectivity index (χ1) is 14.1. The Bertz CT molecular complexity index is 797. The Hall–Kier alpha value is -2.64. The van der Waals surface area contributed by atoms with Crippen LogP contribution in [0.2, 0.25) is 0 Å². The van der Waals surface area contributed by atoms with Crippen LogP contribution >= 0.6 is 0 Å². The Labute approximate surface area is 178 Å². The van der Waals surface area contributed by atoms with E-state index >= 15 is 0 Å². The summed E-state index contributed by atoms with van der Waals surface area (Å²) < 4.78 is 10.4. The summed E-state index contributed by atoms with van der Waals surface area (Å²) >= 11 is 0. The van der Waals surface area contributed by atoms with Gasteiger partial charge in [-0.1, -0.05) is 0 Å². The Morgan fingerprint density at radius 2 is 1.80 bits per heavy atom. The fourth-order valence-corrected chi connectivity index (χ4v) is 4.12. The van der Waals surface area contributed by atoms with Gasteiger partial charge in [-0.15, -0.1) is 0 Å². The Morgan fingerprint density at radius 3 is 2.40 bits per heavy atom. The van der Waals surface area contributed by atoms with E-state index in [2.05, 4.69) is 5.32 Å². The number of anilines is 3. The lowest BCUT2D eigenvalue weighted by Gasteiger charge is -2.36. The summed E-state index contributed by atoms with van der Waals surface area (Å²) in [5.41, 5.74) is 9.37. The van der Waals surface area contributed by atoms with Crippen LogP contribution in [0.5, 0.6) is 0 Å². The molecule has 166 valence electrons. The molecule has 2 aliphatic heterocycles. The average molecular weight is 419 g/mol. The van der Waals surface area contributed by atoms with Gasteiger partial charge in [0, 0.05) is 30.7 Å². The number of nitrogens with zero attached hydrogens (tertiary/aromatic N) is 2. The molecule has 2 aliphatic rings. The highest BCUT2D eigenvalue weighted by Crippen LogP contribution is 2.39. The van der Waals surface area contributed by atoms with Crippen molar-refractivity contribution in [2.45, 2.75) is 71.1 Å². The monoisotopic (exact) mass is 418 g/mol. The van der Waals surface area contributed by atoms with Gasteiger partial charge in [0.25, 0.3) is 0 Å². The maximum atomic E-state index is 12.3. The first-order valence-electron chi connectivity index (χ1n) is 10.6. The molecule has 0 spiro atoms. The van der Waals surface area contributed by atoms with Gasteiger partial charge in [-0.25, -0.2) is 9.59 Å². The van der Waals surface area contributed by atoms with Gasteiger partial charge in [0.05, 0.1) is 24.2 Å². The summed E-state index contributed by atoms with van der Waals surface area (Å²) in [4.78, 5) is 27.9. The molecule has 3 rings (SSSR count). The second-order valence-corrected chi connectivity index (χ2v) is 9.14. The van der Waals surface area contributed by atoms with Crippen LogP contribution in [0.3, 0.4) is 0 Å². The highest BCUT2D eigenvalue weighted by atomic mass is 16.6. The summed E-state index contributed by atoms with van der Waals surface area (Å²) in [6, 6.07) is 4.17. The molecular weight excluding hydrogens is 384 g/mol. The molecule has 2 amide bonds. The minimum Gasteiger partial charge on any atom is -0.452 e. The normalized spacial score (nSPS) is 19.8. The van der Waals surface area contributed by atoms with E-state index in [1.807, 2.05) is 39.8 Å². The van der Waals surface area contributed by atoms with Crippen LogP contribution in [-0.4, -0.2) is 55.0 Å². The number of ether oxygens (including phenoxy) is 2. The third-order valence-corrected chi connectivity index (χ3v) is 5.72. The molecule has 0 saturated carbocycles. The van der Waals surface area contributed by atoms with E-state index in [9.17, 15) is 9.59 Å².